The Morgan fingerprint density at radius 3 is 2.11 bits per heavy atom. The normalized spacial score (nSPS) is 13.1. The Balaban J connectivity index is 1.63. The molecule has 1 aromatic heterocycles. The predicted molar refractivity (Wildman–Crippen MR) is 117 cm³/mol. The van der Waals surface area contributed by atoms with E-state index in [0.29, 0.717) is 23.4 Å². The molecule has 0 fully saturated rings. The summed E-state index contributed by atoms with van der Waals surface area (Å²) in [6, 6.07) is 7.61. The standard InChI is InChI=1S/C24H22F6N2O5/c1-13(2)36-19(22(33)34)9-14-3-5-18(6-4-14)35-8-7-20-31-21(37-32-20)15-10-16(23(25,26)27)12-17(11-15)24(28,29)30/h3-6,10-13,19H,7-9H2,1-2H3,(H,33,34). The number of rotatable bonds is 10. The minimum Gasteiger partial charge on any atom is -0.493 e. The van der Waals surface area contributed by atoms with Crippen molar-refractivity contribution in [3.8, 4) is 17.2 Å². The Morgan fingerprint density at radius 2 is 1.59 bits per heavy atom. The van der Waals surface area contributed by atoms with Crippen molar-refractivity contribution in [1.29, 1.82) is 0 Å². The van der Waals surface area contributed by atoms with E-state index in [0.717, 1.165) is 0 Å². The zero-order chi connectivity index (χ0) is 27.4. The van der Waals surface area contributed by atoms with Crippen LogP contribution in [0.2, 0.25) is 0 Å². The maximum absolute atomic E-state index is 13.1. The van der Waals surface area contributed by atoms with Crippen molar-refractivity contribution >= 4 is 5.97 Å². The van der Waals surface area contributed by atoms with Gasteiger partial charge in [-0.3, -0.25) is 0 Å². The van der Waals surface area contributed by atoms with Crippen LogP contribution in [-0.2, 0) is 34.7 Å². The van der Waals surface area contributed by atoms with Crippen LogP contribution in [0.3, 0.4) is 0 Å². The molecule has 200 valence electrons. The fourth-order valence-corrected chi connectivity index (χ4v) is 3.27. The molecule has 0 aliphatic rings. The number of benzene rings is 2. The van der Waals surface area contributed by atoms with Gasteiger partial charge in [0.25, 0.3) is 5.89 Å². The van der Waals surface area contributed by atoms with E-state index in [1.807, 2.05) is 0 Å². The van der Waals surface area contributed by atoms with Crippen LogP contribution in [0.25, 0.3) is 11.5 Å². The third kappa shape index (κ3) is 7.94. The Bertz CT molecular complexity index is 1170. The lowest BCUT2D eigenvalue weighted by molar-refractivity contribution is -0.153. The van der Waals surface area contributed by atoms with Crippen molar-refractivity contribution in [2.75, 3.05) is 6.61 Å². The lowest BCUT2D eigenvalue weighted by atomic mass is 10.0. The van der Waals surface area contributed by atoms with Crippen LogP contribution in [0.1, 0.15) is 36.4 Å². The minimum atomic E-state index is -5.00. The molecule has 0 saturated carbocycles. The Hall–Kier alpha value is -3.61. The van der Waals surface area contributed by atoms with Gasteiger partial charge in [-0.05, 0) is 49.7 Å². The summed E-state index contributed by atoms with van der Waals surface area (Å²) in [5, 5.41) is 12.9. The van der Waals surface area contributed by atoms with Gasteiger partial charge in [0.05, 0.1) is 23.8 Å². The number of ether oxygens (including phenoxy) is 2. The van der Waals surface area contributed by atoms with Gasteiger partial charge < -0.3 is 19.1 Å². The van der Waals surface area contributed by atoms with E-state index in [9.17, 15) is 36.2 Å². The van der Waals surface area contributed by atoms with Crippen LogP contribution in [-0.4, -0.2) is 40.0 Å². The van der Waals surface area contributed by atoms with Gasteiger partial charge in [0.15, 0.2) is 11.9 Å². The second-order valence-corrected chi connectivity index (χ2v) is 8.27. The first kappa shape index (κ1) is 28.0. The lowest BCUT2D eigenvalue weighted by Gasteiger charge is -2.16. The number of aromatic nitrogens is 2. The number of carboxylic acids is 1. The molecule has 13 heteroatoms. The molecule has 0 amide bonds. The van der Waals surface area contributed by atoms with Crippen molar-refractivity contribution in [1.82, 2.24) is 10.1 Å². The molecule has 7 nitrogen and oxygen atoms in total. The van der Waals surface area contributed by atoms with Gasteiger partial charge in [-0.15, -0.1) is 0 Å². The first-order chi connectivity index (χ1) is 17.2. The number of hydrogen-bond acceptors (Lipinski definition) is 6. The highest BCUT2D eigenvalue weighted by molar-refractivity contribution is 5.72. The van der Waals surface area contributed by atoms with Crippen LogP contribution in [0.4, 0.5) is 26.3 Å². The number of alkyl halides is 6. The summed E-state index contributed by atoms with van der Waals surface area (Å²) in [4.78, 5) is 15.2. The topological polar surface area (TPSA) is 94.7 Å². The molecule has 1 N–H and O–H groups in total. The van der Waals surface area contributed by atoms with E-state index < -0.39 is 47.0 Å². The zero-order valence-electron chi connectivity index (χ0n) is 19.6. The van der Waals surface area contributed by atoms with E-state index in [1.54, 1.807) is 38.1 Å². The summed E-state index contributed by atoms with van der Waals surface area (Å²) >= 11 is 0. The summed E-state index contributed by atoms with van der Waals surface area (Å²) < 4.78 is 94.3. The summed E-state index contributed by atoms with van der Waals surface area (Å²) in [6.07, 6.45) is -11.0. The molecule has 2 aromatic carbocycles. The average molecular weight is 532 g/mol. The second kappa shape index (κ2) is 11.2. The van der Waals surface area contributed by atoms with Crippen LogP contribution < -0.4 is 4.74 Å². The van der Waals surface area contributed by atoms with Crippen LogP contribution in [0, 0.1) is 0 Å². The van der Waals surface area contributed by atoms with Crippen molar-refractivity contribution in [3.63, 3.8) is 0 Å². The van der Waals surface area contributed by atoms with Gasteiger partial charge in [0, 0.05) is 18.4 Å². The summed E-state index contributed by atoms with van der Waals surface area (Å²) in [5.74, 6) is -1.11. The minimum absolute atomic E-state index is 0.0130. The largest absolute Gasteiger partial charge is 0.493 e. The van der Waals surface area contributed by atoms with E-state index in [1.165, 1.54) is 0 Å². The van der Waals surface area contributed by atoms with Gasteiger partial charge in [-0.1, -0.05) is 17.3 Å². The monoisotopic (exact) mass is 532 g/mol. The Labute approximate surface area is 207 Å². The highest BCUT2D eigenvalue weighted by Crippen LogP contribution is 2.38. The Kier molecular flexibility index (Phi) is 8.46. The first-order valence-corrected chi connectivity index (χ1v) is 10.9. The molecule has 0 radical (unpaired) electrons. The zero-order valence-corrected chi connectivity index (χ0v) is 19.6. The molecule has 0 aliphatic heterocycles. The van der Waals surface area contributed by atoms with Crippen molar-refractivity contribution in [2.24, 2.45) is 0 Å². The molecular formula is C24H22F6N2O5. The van der Waals surface area contributed by atoms with E-state index in [2.05, 4.69) is 10.1 Å². The molecule has 0 aliphatic carbocycles. The summed E-state index contributed by atoms with van der Waals surface area (Å²) in [6.45, 7) is 3.50. The molecule has 0 spiro atoms. The number of halogens is 6. The van der Waals surface area contributed by atoms with Crippen LogP contribution in [0.15, 0.2) is 47.0 Å². The molecule has 3 rings (SSSR count). The highest BCUT2D eigenvalue weighted by Gasteiger charge is 2.37. The second-order valence-electron chi connectivity index (χ2n) is 8.27. The van der Waals surface area contributed by atoms with E-state index in [-0.39, 0.29) is 37.4 Å². The molecule has 1 atom stereocenters. The molecule has 1 heterocycles. The highest BCUT2D eigenvalue weighted by atomic mass is 19.4. The molecule has 3 aromatic rings. The predicted octanol–water partition coefficient (Wildman–Crippen LogP) is 5.82. The van der Waals surface area contributed by atoms with Crippen LogP contribution in [0.5, 0.6) is 5.75 Å². The fraction of sp³-hybridized carbons (Fsp3) is 0.375. The van der Waals surface area contributed by atoms with E-state index in [4.69, 9.17) is 14.0 Å². The number of aliphatic carboxylic acids is 1. The SMILES string of the molecule is CC(C)OC(Cc1ccc(OCCc2noc(-c3cc(C(F)(F)F)cc(C(F)(F)F)c3)n2)cc1)C(=O)O. The number of carbonyl (C=O) groups is 1. The van der Waals surface area contributed by atoms with Gasteiger partial charge in [0.1, 0.15) is 5.75 Å². The van der Waals surface area contributed by atoms with Crippen LogP contribution >= 0.6 is 0 Å². The average Bonchev–Trinajstić information content (AvgIpc) is 3.27. The van der Waals surface area contributed by atoms with Gasteiger partial charge in [-0.2, -0.15) is 31.3 Å². The quantitative estimate of drug-likeness (QED) is 0.329. The maximum Gasteiger partial charge on any atom is 0.416 e. The van der Waals surface area contributed by atoms with Crippen molar-refractivity contribution in [3.05, 3.63) is 65.0 Å². The fourth-order valence-electron chi connectivity index (χ4n) is 3.27. The number of hydrogen-bond donors (Lipinski definition) is 1. The third-order valence-electron chi connectivity index (χ3n) is 4.95. The van der Waals surface area contributed by atoms with Gasteiger partial charge >= 0.3 is 18.3 Å². The molecular weight excluding hydrogens is 510 g/mol. The van der Waals surface area contributed by atoms with Gasteiger partial charge in [0.2, 0.25) is 0 Å². The molecule has 37 heavy (non-hydrogen) atoms. The van der Waals surface area contributed by atoms with Crippen molar-refractivity contribution < 1.29 is 50.2 Å². The number of nitrogens with zero attached hydrogens (tertiary/aromatic N) is 2. The summed E-state index contributed by atoms with van der Waals surface area (Å²) in [7, 11) is 0. The molecule has 0 bridgehead atoms. The Morgan fingerprint density at radius 1 is 1.00 bits per heavy atom. The first-order valence-electron chi connectivity index (χ1n) is 10.9. The smallest absolute Gasteiger partial charge is 0.416 e. The van der Waals surface area contributed by atoms with Crippen molar-refractivity contribution in [2.45, 2.75) is 51.2 Å². The third-order valence-corrected chi connectivity index (χ3v) is 4.95. The van der Waals surface area contributed by atoms with Gasteiger partial charge in [-0.25, -0.2) is 4.79 Å². The molecule has 0 saturated heterocycles. The molecule has 1 unspecified atom stereocenters. The summed E-state index contributed by atoms with van der Waals surface area (Å²) in [5.41, 5.74) is -2.79. The lowest BCUT2D eigenvalue weighted by Crippen LogP contribution is -2.29. The number of carboxylic acid groups (broad SMARTS) is 1. The van der Waals surface area contributed by atoms with E-state index >= 15 is 0 Å². The maximum atomic E-state index is 13.1.